The van der Waals surface area contributed by atoms with E-state index in [4.69, 9.17) is 10.1 Å². The standard InChI is InChI=1S/C10H15N3O/c1-14-12-10(2-4-11)9-7-13-5-3-8(9)6-13/h8,12H,2-3,5-7H2,1H3. The van der Waals surface area contributed by atoms with Crippen molar-refractivity contribution in [2.24, 2.45) is 5.92 Å². The minimum absolute atomic E-state index is 0.424. The van der Waals surface area contributed by atoms with Crippen LogP contribution in [0.1, 0.15) is 12.8 Å². The first kappa shape index (κ1) is 9.50. The minimum atomic E-state index is 0.424. The molecule has 1 N–H and O–H groups in total. The van der Waals surface area contributed by atoms with E-state index >= 15 is 0 Å². The fourth-order valence-corrected chi connectivity index (χ4v) is 2.39. The molecule has 2 fully saturated rings. The van der Waals surface area contributed by atoms with Gasteiger partial charge in [-0.15, -0.1) is 0 Å². The van der Waals surface area contributed by atoms with E-state index in [0.29, 0.717) is 12.3 Å². The van der Waals surface area contributed by atoms with E-state index in [9.17, 15) is 0 Å². The van der Waals surface area contributed by atoms with Gasteiger partial charge in [0.2, 0.25) is 0 Å². The molecule has 0 saturated carbocycles. The predicted octanol–water partition coefficient (Wildman–Crippen LogP) is 0.641. The highest BCUT2D eigenvalue weighted by Gasteiger charge is 2.35. The molecule has 2 aliphatic rings. The molecular formula is C10H15N3O. The van der Waals surface area contributed by atoms with Crippen LogP contribution in [-0.4, -0.2) is 31.6 Å². The van der Waals surface area contributed by atoms with E-state index < -0.39 is 0 Å². The summed E-state index contributed by atoms with van der Waals surface area (Å²) in [7, 11) is 1.59. The average Bonchev–Trinajstić information content (AvgIpc) is 2.78. The normalized spacial score (nSPS) is 32.9. The molecule has 0 aromatic heterocycles. The van der Waals surface area contributed by atoms with Gasteiger partial charge in [-0.2, -0.15) is 5.26 Å². The third kappa shape index (κ3) is 1.61. The molecule has 2 bridgehead atoms. The topological polar surface area (TPSA) is 48.3 Å². The van der Waals surface area contributed by atoms with Gasteiger partial charge < -0.3 is 0 Å². The van der Waals surface area contributed by atoms with Crippen molar-refractivity contribution in [2.45, 2.75) is 12.8 Å². The number of nitriles is 1. The Morgan fingerprint density at radius 2 is 2.64 bits per heavy atom. The molecule has 2 rings (SSSR count). The Balaban J connectivity index is 2.14. The van der Waals surface area contributed by atoms with Crippen LogP contribution in [0.5, 0.6) is 0 Å². The number of nitrogens with zero attached hydrogens (tertiary/aromatic N) is 2. The Labute approximate surface area is 84.1 Å². The van der Waals surface area contributed by atoms with Crippen LogP contribution in [0.4, 0.5) is 0 Å². The van der Waals surface area contributed by atoms with Crippen molar-refractivity contribution in [3.05, 3.63) is 11.3 Å². The molecule has 0 aromatic rings. The van der Waals surface area contributed by atoms with Crippen LogP contribution in [0, 0.1) is 17.2 Å². The van der Waals surface area contributed by atoms with Crippen LogP contribution in [0.15, 0.2) is 11.3 Å². The van der Waals surface area contributed by atoms with Gasteiger partial charge in [0.05, 0.1) is 25.3 Å². The zero-order valence-electron chi connectivity index (χ0n) is 8.42. The van der Waals surface area contributed by atoms with Gasteiger partial charge in [0.25, 0.3) is 0 Å². The lowest BCUT2D eigenvalue weighted by molar-refractivity contribution is 0.114. The summed E-state index contributed by atoms with van der Waals surface area (Å²) in [4.78, 5) is 7.32. The number of hydroxylamine groups is 1. The molecular weight excluding hydrogens is 178 g/mol. The maximum absolute atomic E-state index is 8.70. The van der Waals surface area contributed by atoms with Gasteiger partial charge >= 0.3 is 0 Å². The average molecular weight is 193 g/mol. The van der Waals surface area contributed by atoms with Gasteiger partial charge in [0.1, 0.15) is 0 Å². The Morgan fingerprint density at radius 3 is 3.14 bits per heavy atom. The molecule has 4 nitrogen and oxygen atoms in total. The Bertz CT molecular complexity index is 292. The van der Waals surface area contributed by atoms with Crippen LogP contribution in [0.2, 0.25) is 0 Å². The zero-order chi connectivity index (χ0) is 9.97. The highest BCUT2D eigenvalue weighted by Crippen LogP contribution is 2.34. The highest BCUT2D eigenvalue weighted by molar-refractivity contribution is 5.25. The maximum atomic E-state index is 8.70. The molecule has 0 aliphatic carbocycles. The lowest BCUT2D eigenvalue weighted by atomic mass is 9.96. The van der Waals surface area contributed by atoms with Crippen molar-refractivity contribution in [1.82, 2.24) is 10.4 Å². The van der Waals surface area contributed by atoms with Crippen LogP contribution >= 0.6 is 0 Å². The number of allylic oxidation sites excluding steroid dienone is 1. The summed E-state index contributed by atoms with van der Waals surface area (Å²) in [5.41, 5.74) is 5.19. The van der Waals surface area contributed by atoms with Crippen LogP contribution in [0.3, 0.4) is 0 Å². The molecule has 4 heteroatoms. The lowest BCUT2D eigenvalue weighted by Gasteiger charge is -2.18. The molecule has 0 radical (unpaired) electrons. The highest BCUT2D eigenvalue weighted by atomic mass is 16.6. The molecule has 0 aromatic carbocycles. The Morgan fingerprint density at radius 1 is 1.79 bits per heavy atom. The van der Waals surface area contributed by atoms with Gasteiger partial charge in [-0.05, 0) is 24.5 Å². The number of hydrogen-bond acceptors (Lipinski definition) is 4. The summed E-state index contributed by atoms with van der Waals surface area (Å²) < 4.78 is 0. The van der Waals surface area contributed by atoms with Crippen molar-refractivity contribution < 1.29 is 4.84 Å². The third-order valence-electron chi connectivity index (χ3n) is 3.03. The largest absolute Gasteiger partial charge is 0.299 e. The van der Waals surface area contributed by atoms with Crippen molar-refractivity contribution in [3.63, 3.8) is 0 Å². The third-order valence-corrected chi connectivity index (χ3v) is 3.03. The van der Waals surface area contributed by atoms with Gasteiger partial charge in [0, 0.05) is 13.1 Å². The van der Waals surface area contributed by atoms with Crippen molar-refractivity contribution >= 4 is 0 Å². The fourth-order valence-electron chi connectivity index (χ4n) is 2.39. The second kappa shape index (κ2) is 3.99. The smallest absolute Gasteiger partial charge is 0.0772 e. The Hall–Kier alpha value is -1.05. The van der Waals surface area contributed by atoms with E-state index in [0.717, 1.165) is 18.8 Å². The van der Waals surface area contributed by atoms with Gasteiger partial charge in [-0.1, -0.05) is 0 Å². The summed E-state index contributed by atoms with van der Waals surface area (Å²) in [6.45, 7) is 3.38. The quantitative estimate of drug-likeness (QED) is 0.668. The minimum Gasteiger partial charge on any atom is -0.299 e. The zero-order valence-corrected chi connectivity index (χ0v) is 8.42. The first-order valence-corrected chi connectivity index (χ1v) is 4.95. The van der Waals surface area contributed by atoms with Crippen LogP contribution in [-0.2, 0) is 4.84 Å². The van der Waals surface area contributed by atoms with Crippen molar-refractivity contribution in [2.75, 3.05) is 26.7 Å². The van der Waals surface area contributed by atoms with Crippen molar-refractivity contribution in [1.29, 1.82) is 5.26 Å². The number of hydrogen-bond donors (Lipinski definition) is 1. The summed E-state index contributed by atoms with van der Waals surface area (Å²) in [5, 5.41) is 8.70. The van der Waals surface area contributed by atoms with Crippen LogP contribution in [0.25, 0.3) is 0 Å². The maximum Gasteiger partial charge on any atom is 0.0772 e. The first-order valence-electron chi connectivity index (χ1n) is 4.95. The van der Waals surface area contributed by atoms with Crippen LogP contribution < -0.4 is 5.48 Å². The van der Waals surface area contributed by atoms with Gasteiger partial charge in [0.15, 0.2) is 0 Å². The number of piperidine rings is 1. The van der Waals surface area contributed by atoms with E-state index in [1.54, 1.807) is 7.11 Å². The SMILES string of the molecule is CONC(CC#N)=C1CN2CCC1C2. The van der Waals surface area contributed by atoms with E-state index in [2.05, 4.69) is 16.4 Å². The number of fused-ring (bicyclic) bond motifs is 2. The van der Waals surface area contributed by atoms with Gasteiger partial charge in [-0.25, -0.2) is 0 Å². The second-order valence-electron chi connectivity index (χ2n) is 3.87. The molecule has 2 aliphatic heterocycles. The second-order valence-corrected chi connectivity index (χ2v) is 3.87. The number of rotatable bonds is 3. The summed E-state index contributed by atoms with van der Waals surface area (Å²) in [6.07, 6.45) is 1.66. The van der Waals surface area contributed by atoms with Gasteiger partial charge in [-0.3, -0.25) is 15.2 Å². The first-order chi connectivity index (χ1) is 6.85. The molecule has 0 amide bonds. The predicted molar refractivity (Wildman–Crippen MR) is 51.9 cm³/mol. The molecule has 2 heterocycles. The number of nitrogens with one attached hydrogen (secondary N) is 1. The molecule has 14 heavy (non-hydrogen) atoms. The monoisotopic (exact) mass is 193 g/mol. The molecule has 0 spiro atoms. The lowest BCUT2D eigenvalue weighted by Crippen LogP contribution is -2.22. The van der Waals surface area contributed by atoms with E-state index in [1.807, 2.05) is 0 Å². The molecule has 2 saturated heterocycles. The summed E-state index contributed by atoms with van der Waals surface area (Å²) >= 11 is 0. The van der Waals surface area contributed by atoms with E-state index in [1.165, 1.54) is 18.5 Å². The summed E-state index contributed by atoms with van der Waals surface area (Å²) in [5.74, 6) is 0.654. The Kier molecular flexibility index (Phi) is 2.71. The molecule has 76 valence electrons. The van der Waals surface area contributed by atoms with Crippen molar-refractivity contribution in [3.8, 4) is 6.07 Å². The molecule has 2 atom stereocenters. The fraction of sp³-hybridized carbons (Fsp3) is 0.700. The molecule has 2 unspecified atom stereocenters. The van der Waals surface area contributed by atoms with E-state index in [-0.39, 0.29) is 0 Å². The summed E-state index contributed by atoms with van der Waals surface area (Å²) in [6, 6.07) is 2.17.